The van der Waals surface area contributed by atoms with E-state index in [-0.39, 0.29) is 17.8 Å². The van der Waals surface area contributed by atoms with Gasteiger partial charge >= 0.3 is 0 Å². The molecule has 228 valence electrons. The molecule has 0 spiro atoms. The molecule has 0 bridgehead atoms. The predicted octanol–water partition coefficient (Wildman–Crippen LogP) is 9.94. The molecule has 3 aliphatic rings. The Morgan fingerprint density at radius 1 is 0.354 bits per heavy atom. The molecule has 3 atom stereocenters. The molecule has 4 aromatic carbocycles. The summed E-state index contributed by atoms with van der Waals surface area (Å²) in [5.41, 5.74) is 21.1. The van der Waals surface area contributed by atoms with Crippen molar-refractivity contribution in [3.8, 4) is 33.4 Å². The second-order valence-corrected chi connectivity index (χ2v) is 13.5. The van der Waals surface area contributed by atoms with Gasteiger partial charge in [-0.15, -0.1) is 0 Å². The highest BCUT2D eigenvalue weighted by atomic mass is 14.6. The Hall–Kier alpha value is -5.67. The van der Waals surface area contributed by atoms with E-state index in [1.54, 1.807) is 0 Å². The highest BCUT2D eigenvalue weighted by molar-refractivity contribution is 6.03. The van der Waals surface area contributed by atoms with Gasteiger partial charge in [-0.1, -0.05) is 91.0 Å². The Morgan fingerprint density at radius 3 is 0.958 bits per heavy atom. The lowest BCUT2D eigenvalue weighted by Crippen LogP contribution is -2.09. The average Bonchev–Trinajstić information content (AvgIpc) is 3.76. The third kappa shape index (κ3) is 4.10. The van der Waals surface area contributed by atoms with Crippen molar-refractivity contribution in [2.24, 2.45) is 0 Å². The molecular formula is C45H33N3. The van der Waals surface area contributed by atoms with Crippen molar-refractivity contribution in [2.45, 2.75) is 37.0 Å². The lowest BCUT2D eigenvalue weighted by atomic mass is 9.78. The van der Waals surface area contributed by atoms with Crippen molar-refractivity contribution in [3.63, 3.8) is 0 Å². The van der Waals surface area contributed by atoms with Crippen molar-refractivity contribution in [1.29, 1.82) is 0 Å². The van der Waals surface area contributed by atoms with E-state index in [2.05, 4.69) is 143 Å². The number of hydrogen-bond donors (Lipinski definition) is 0. The number of nitrogens with zero attached hydrogens (tertiary/aromatic N) is 3. The van der Waals surface area contributed by atoms with Crippen LogP contribution in [0.4, 0.5) is 0 Å². The Balaban J connectivity index is 1.32. The number of rotatable bonds is 6. The molecule has 0 unspecified atom stereocenters. The van der Waals surface area contributed by atoms with Gasteiger partial charge < -0.3 is 0 Å². The molecule has 3 nitrogen and oxygen atoms in total. The van der Waals surface area contributed by atoms with Gasteiger partial charge in [0.2, 0.25) is 0 Å². The van der Waals surface area contributed by atoms with Crippen LogP contribution in [-0.4, -0.2) is 15.0 Å². The van der Waals surface area contributed by atoms with Crippen LogP contribution in [0.5, 0.6) is 0 Å². The van der Waals surface area contributed by atoms with Crippen LogP contribution in [0.25, 0.3) is 33.4 Å². The van der Waals surface area contributed by atoms with Crippen LogP contribution in [0.15, 0.2) is 146 Å². The summed E-state index contributed by atoms with van der Waals surface area (Å²) >= 11 is 0. The molecular weight excluding hydrogens is 583 g/mol. The third-order valence-electron chi connectivity index (χ3n) is 11.0. The molecule has 0 aliphatic heterocycles. The van der Waals surface area contributed by atoms with E-state index < -0.39 is 0 Å². The van der Waals surface area contributed by atoms with Gasteiger partial charge in [-0.05, 0) is 121 Å². The van der Waals surface area contributed by atoms with Crippen molar-refractivity contribution in [2.75, 3.05) is 0 Å². The van der Waals surface area contributed by atoms with Gasteiger partial charge in [0.15, 0.2) is 0 Å². The van der Waals surface area contributed by atoms with Crippen LogP contribution in [0, 0.1) is 0 Å². The summed E-state index contributed by atoms with van der Waals surface area (Å²) in [5.74, 6) is 0.687. The molecule has 48 heavy (non-hydrogen) atoms. The minimum Gasteiger partial charge on any atom is -0.264 e. The Morgan fingerprint density at radius 2 is 0.667 bits per heavy atom. The second-order valence-electron chi connectivity index (χ2n) is 13.5. The molecule has 3 aliphatic carbocycles. The second kappa shape index (κ2) is 11.0. The Bertz CT molecular complexity index is 2040. The highest BCUT2D eigenvalue weighted by Crippen LogP contribution is 2.65. The average molecular weight is 616 g/mol. The summed E-state index contributed by atoms with van der Waals surface area (Å²) in [5, 5.41) is 0. The lowest BCUT2D eigenvalue weighted by molar-refractivity contribution is 0.798. The van der Waals surface area contributed by atoms with E-state index in [0.29, 0.717) is 0 Å². The SMILES string of the molecule is c1cncc(C[C@H]2c3ccccc3-c3c2c2c(c4c3[C@@H](Cc3cccnc3)c3ccccc3-4)[C@@H](Cc3cccnc3)c3ccccc3-2)c1. The molecule has 0 amide bonds. The number of hydrogen-bond acceptors (Lipinski definition) is 3. The zero-order chi connectivity index (χ0) is 31.6. The van der Waals surface area contributed by atoms with Gasteiger partial charge in [0.1, 0.15) is 0 Å². The van der Waals surface area contributed by atoms with Crippen LogP contribution in [0.1, 0.15) is 67.8 Å². The molecule has 10 rings (SSSR count). The Kier molecular flexibility index (Phi) is 6.26. The standard InChI is InChI=1S/C45H33N3/c1-4-16-34-31(13-1)37(22-28-10-7-19-46-25-28)43-40(34)44-38(23-29-11-8-20-47-26-29)33-15-3-6-18-36(33)42(44)45-39(24-30-12-9-21-48-27-30)32-14-2-5-17-35(32)41(43)45/h1-21,25-27,37-39H,22-24H2/t37-,38-,39-/m0/s1. The van der Waals surface area contributed by atoms with Crippen molar-refractivity contribution in [3.05, 3.63) is 196 Å². The van der Waals surface area contributed by atoms with Gasteiger partial charge in [-0.2, -0.15) is 0 Å². The van der Waals surface area contributed by atoms with Gasteiger partial charge in [0, 0.05) is 54.9 Å². The molecule has 0 saturated carbocycles. The molecule has 0 saturated heterocycles. The van der Waals surface area contributed by atoms with Gasteiger partial charge in [-0.25, -0.2) is 0 Å². The van der Waals surface area contributed by atoms with Crippen molar-refractivity contribution >= 4 is 0 Å². The predicted molar refractivity (Wildman–Crippen MR) is 192 cm³/mol. The molecule has 3 heterocycles. The van der Waals surface area contributed by atoms with Gasteiger partial charge in [0.25, 0.3) is 0 Å². The smallest absolute Gasteiger partial charge is 0.0300 e. The van der Waals surface area contributed by atoms with E-state index in [9.17, 15) is 0 Å². The van der Waals surface area contributed by atoms with Crippen LogP contribution >= 0.6 is 0 Å². The minimum absolute atomic E-state index is 0.229. The molecule has 3 heteroatoms. The quantitative estimate of drug-likeness (QED) is 0.187. The molecule has 7 aromatic rings. The molecule has 0 N–H and O–H groups in total. The molecule has 0 fully saturated rings. The Labute approximate surface area is 281 Å². The summed E-state index contributed by atoms with van der Waals surface area (Å²) < 4.78 is 0. The normalized spacial score (nSPS) is 17.6. The van der Waals surface area contributed by atoms with Crippen molar-refractivity contribution < 1.29 is 0 Å². The number of benzene rings is 4. The monoisotopic (exact) mass is 615 g/mol. The van der Waals surface area contributed by atoms with E-state index in [1.165, 1.54) is 83.5 Å². The number of pyridine rings is 3. The van der Waals surface area contributed by atoms with Crippen LogP contribution in [0.3, 0.4) is 0 Å². The summed E-state index contributed by atoms with van der Waals surface area (Å²) in [7, 11) is 0. The minimum atomic E-state index is 0.229. The fraction of sp³-hybridized carbons (Fsp3) is 0.133. The highest BCUT2D eigenvalue weighted by Gasteiger charge is 2.46. The topological polar surface area (TPSA) is 38.7 Å². The summed E-state index contributed by atoms with van der Waals surface area (Å²) in [6.45, 7) is 0. The van der Waals surface area contributed by atoms with Crippen LogP contribution in [-0.2, 0) is 19.3 Å². The van der Waals surface area contributed by atoms with Crippen LogP contribution in [0.2, 0.25) is 0 Å². The zero-order valence-corrected chi connectivity index (χ0v) is 26.6. The number of fused-ring (bicyclic) bond motifs is 12. The van der Waals surface area contributed by atoms with E-state index in [4.69, 9.17) is 0 Å². The largest absolute Gasteiger partial charge is 0.264 e. The summed E-state index contributed by atoms with van der Waals surface area (Å²) in [6.07, 6.45) is 14.5. The number of aromatic nitrogens is 3. The lowest BCUT2D eigenvalue weighted by Gasteiger charge is -2.25. The van der Waals surface area contributed by atoms with Crippen molar-refractivity contribution in [1.82, 2.24) is 15.0 Å². The first-order valence-corrected chi connectivity index (χ1v) is 17.0. The van der Waals surface area contributed by atoms with Crippen LogP contribution < -0.4 is 0 Å². The van der Waals surface area contributed by atoms with E-state index >= 15 is 0 Å². The van der Waals surface area contributed by atoms with E-state index in [0.717, 1.165) is 19.3 Å². The maximum absolute atomic E-state index is 4.54. The molecule has 0 radical (unpaired) electrons. The van der Waals surface area contributed by atoms with Gasteiger partial charge in [-0.3, -0.25) is 15.0 Å². The first kappa shape index (κ1) is 27.4. The maximum Gasteiger partial charge on any atom is 0.0300 e. The fourth-order valence-corrected chi connectivity index (χ4v) is 9.18. The van der Waals surface area contributed by atoms with E-state index in [1.807, 2.05) is 18.6 Å². The molecule has 3 aromatic heterocycles. The summed E-state index contributed by atoms with van der Waals surface area (Å²) in [6, 6.07) is 40.6. The fourth-order valence-electron chi connectivity index (χ4n) is 9.18. The first-order valence-electron chi connectivity index (χ1n) is 17.0. The zero-order valence-electron chi connectivity index (χ0n) is 26.6. The third-order valence-corrected chi connectivity index (χ3v) is 11.0. The van der Waals surface area contributed by atoms with Gasteiger partial charge in [0.05, 0.1) is 0 Å². The first-order chi connectivity index (χ1) is 23.8. The summed E-state index contributed by atoms with van der Waals surface area (Å²) in [4.78, 5) is 13.6. The maximum atomic E-state index is 4.54.